The lowest BCUT2D eigenvalue weighted by molar-refractivity contribution is -0.262. The summed E-state index contributed by atoms with van der Waals surface area (Å²) in [5.41, 5.74) is -3.78. The van der Waals surface area contributed by atoms with Gasteiger partial charge in [0.05, 0.1) is 61.4 Å². The fraction of sp³-hybridized carbons (Fsp3) is 0.500. The highest BCUT2D eigenvalue weighted by molar-refractivity contribution is 6.31. The maximum absolute atomic E-state index is 13.9. The Kier molecular flexibility index (Phi) is 8.36. The number of nitrogens with zero attached hydrogens (tertiary/aromatic N) is 2. The minimum Gasteiger partial charge on any atom is -0.507 e. The van der Waals surface area contributed by atoms with Gasteiger partial charge in [-0.1, -0.05) is 12.1 Å². The summed E-state index contributed by atoms with van der Waals surface area (Å²) in [6, 6.07) is 5.28. The summed E-state index contributed by atoms with van der Waals surface area (Å²) in [7, 11) is 1.32. The van der Waals surface area contributed by atoms with E-state index in [1.54, 1.807) is 11.8 Å². The summed E-state index contributed by atoms with van der Waals surface area (Å²) >= 11 is 0. The molecule has 7 atom stereocenters. The lowest BCUT2D eigenvalue weighted by atomic mass is 9.72. The molecule has 2 aliphatic heterocycles. The average molecular weight is 639 g/mol. The predicted molar refractivity (Wildman–Crippen MR) is 154 cm³/mol. The molecule has 2 saturated heterocycles. The summed E-state index contributed by atoms with van der Waals surface area (Å²) in [4.78, 5) is 42.2. The van der Waals surface area contributed by atoms with Crippen LogP contribution in [-0.4, -0.2) is 117 Å². The first-order valence-corrected chi connectivity index (χ1v) is 14.9. The Labute approximate surface area is 263 Å². The van der Waals surface area contributed by atoms with Crippen LogP contribution in [-0.2, 0) is 25.4 Å². The van der Waals surface area contributed by atoms with Gasteiger partial charge in [0.15, 0.2) is 17.9 Å². The Morgan fingerprint density at radius 2 is 1.91 bits per heavy atom. The smallest absolute Gasteiger partial charge is 0.202 e. The molecule has 2 fully saturated rings. The number of methoxy groups -OCH3 is 1. The molecule has 0 saturated carbocycles. The molecule has 14 heteroatoms. The predicted octanol–water partition coefficient (Wildman–Crippen LogP) is 0.267. The van der Waals surface area contributed by atoms with Gasteiger partial charge in [-0.3, -0.25) is 19.3 Å². The second-order valence-electron chi connectivity index (χ2n) is 12.0. The first-order chi connectivity index (χ1) is 21.9. The number of benzene rings is 2. The van der Waals surface area contributed by atoms with Crippen molar-refractivity contribution in [2.24, 2.45) is 0 Å². The van der Waals surface area contributed by atoms with Gasteiger partial charge in [-0.2, -0.15) is 5.26 Å². The molecule has 2 aromatic rings. The van der Waals surface area contributed by atoms with Gasteiger partial charge in [0, 0.05) is 48.5 Å². The van der Waals surface area contributed by atoms with Crippen LogP contribution in [0, 0.1) is 11.3 Å². The molecule has 0 spiro atoms. The lowest BCUT2D eigenvalue weighted by Gasteiger charge is -2.47. The minimum absolute atomic E-state index is 0.0293. The van der Waals surface area contributed by atoms with Crippen molar-refractivity contribution >= 4 is 17.3 Å². The summed E-state index contributed by atoms with van der Waals surface area (Å²) < 4.78 is 23.0. The molecule has 2 aliphatic carbocycles. The zero-order valence-electron chi connectivity index (χ0n) is 25.1. The van der Waals surface area contributed by atoms with E-state index in [1.807, 2.05) is 0 Å². The monoisotopic (exact) mass is 638 g/mol. The van der Waals surface area contributed by atoms with Crippen molar-refractivity contribution in [2.75, 3.05) is 33.5 Å². The van der Waals surface area contributed by atoms with Gasteiger partial charge in [0.25, 0.3) is 0 Å². The molecule has 2 heterocycles. The molecule has 2 aromatic carbocycles. The highest BCUT2D eigenvalue weighted by Crippen LogP contribution is 2.52. The molecule has 6 rings (SSSR count). The van der Waals surface area contributed by atoms with Crippen molar-refractivity contribution in [1.82, 2.24) is 4.90 Å². The van der Waals surface area contributed by atoms with E-state index in [4.69, 9.17) is 18.9 Å². The van der Waals surface area contributed by atoms with Gasteiger partial charge in [0.1, 0.15) is 35.5 Å². The number of aliphatic hydroxyl groups excluding tert-OH is 2. The SMILES string of the molecule is COc1cccc2c1C(=O)c1c(O)c3c(c(O)c1C2=O)C[C@@](O)(C(=O)CO)C[C@@H]3O[C@H]1C[C@@H](N2CCOCC2C#N)[C@@H](O)C(C)O1. The summed E-state index contributed by atoms with van der Waals surface area (Å²) in [5.74, 6) is -3.87. The van der Waals surface area contributed by atoms with Crippen LogP contribution in [0.15, 0.2) is 18.2 Å². The maximum atomic E-state index is 13.9. The Hall–Kier alpha value is -3.94. The fourth-order valence-electron chi connectivity index (χ4n) is 7.15. The van der Waals surface area contributed by atoms with Gasteiger partial charge in [-0.05, 0) is 13.0 Å². The van der Waals surface area contributed by atoms with E-state index < -0.39 is 102 Å². The lowest BCUT2D eigenvalue weighted by Crippen LogP contribution is -2.60. The first-order valence-electron chi connectivity index (χ1n) is 14.9. The molecular formula is C32H34N2O12. The number of fused-ring (bicyclic) bond motifs is 3. The number of carbonyl (C=O) groups excluding carboxylic acids is 3. The number of Topliss-reactive ketones (excluding diaryl/α,β-unsaturated/α-hetero) is 1. The Morgan fingerprint density at radius 1 is 1.17 bits per heavy atom. The van der Waals surface area contributed by atoms with Crippen LogP contribution >= 0.6 is 0 Å². The van der Waals surface area contributed by atoms with Gasteiger partial charge < -0.3 is 44.5 Å². The molecule has 0 bridgehead atoms. The van der Waals surface area contributed by atoms with E-state index in [9.17, 15) is 45.2 Å². The number of ether oxygens (including phenoxy) is 4. The van der Waals surface area contributed by atoms with Crippen LogP contribution < -0.4 is 4.74 Å². The molecule has 4 aliphatic rings. The number of hydrogen-bond acceptors (Lipinski definition) is 14. The standard InChI is InChI=1S/C32H34N2O12/c1-14-27(37)18(34-6-7-44-13-15(34)11-33)8-22(45-14)46-20-10-32(42,21(36)12-35)9-17-24(20)31(41)26-25(29(17)39)28(38)16-4-3-5-19(43-2)23(16)30(26)40/h3-5,14-15,18,20,22,27,35,37,39,41-42H,6-10,12-13H2,1-2H3/t14?,15?,18-,20+,22+,27+,32+/m1/s1. The van der Waals surface area contributed by atoms with Crippen LogP contribution in [0.4, 0.5) is 0 Å². The van der Waals surface area contributed by atoms with E-state index in [2.05, 4.69) is 6.07 Å². The van der Waals surface area contributed by atoms with Crippen LogP contribution in [0.3, 0.4) is 0 Å². The molecule has 14 nitrogen and oxygen atoms in total. The number of nitriles is 1. The van der Waals surface area contributed by atoms with Crippen molar-refractivity contribution in [3.8, 4) is 23.3 Å². The topological polar surface area (TPSA) is 216 Å². The molecule has 0 radical (unpaired) electrons. The normalized spacial score (nSPS) is 31.0. The van der Waals surface area contributed by atoms with Gasteiger partial charge in [0.2, 0.25) is 5.78 Å². The van der Waals surface area contributed by atoms with E-state index in [0.717, 1.165) is 0 Å². The molecule has 46 heavy (non-hydrogen) atoms. The third kappa shape index (κ3) is 4.96. The van der Waals surface area contributed by atoms with Crippen LogP contribution in [0.5, 0.6) is 17.2 Å². The Balaban J connectivity index is 1.44. The molecule has 0 aromatic heterocycles. The van der Waals surface area contributed by atoms with E-state index in [-0.39, 0.29) is 41.0 Å². The van der Waals surface area contributed by atoms with Gasteiger partial charge in [-0.25, -0.2) is 0 Å². The largest absolute Gasteiger partial charge is 0.507 e. The van der Waals surface area contributed by atoms with Crippen molar-refractivity contribution in [2.45, 2.75) is 68.5 Å². The fourth-order valence-corrected chi connectivity index (χ4v) is 7.15. The van der Waals surface area contributed by atoms with Gasteiger partial charge in [-0.15, -0.1) is 0 Å². The van der Waals surface area contributed by atoms with Crippen molar-refractivity contribution in [1.29, 1.82) is 5.26 Å². The van der Waals surface area contributed by atoms with Crippen LogP contribution in [0.1, 0.15) is 68.8 Å². The number of carbonyl (C=O) groups is 3. The highest BCUT2D eigenvalue weighted by Gasteiger charge is 2.51. The molecule has 244 valence electrons. The molecule has 2 unspecified atom stereocenters. The van der Waals surface area contributed by atoms with Gasteiger partial charge >= 0.3 is 0 Å². The van der Waals surface area contributed by atoms with E-state index in [1.165, 1.54) is 25.3 Å². The molecule has 5 N–H and O–H groups in total. The maximum Gasteiger partial charge on any atom is 0.202 e. The van der Waals surface area contributed by atoms with E-state index >= 15 is 0 Å². The zero-order valence-corrected chi connectivity index (χ0v) is 25.1. The minimum atomic E-state index is -2.29. The van der Waals surface area contributed by atoms with Crippen molar-refractivity contribution in [3.05, 3.63) is 51.6 Å². The summed E-state index contributed by atoms with van der Waals surface area (Å²) in [6.07, 6.45) is -5.39. The Morgan fingerprint density at radius 3 is 2.61 bits per heavy atom. The second-order valence-corrected chi connectivity index (χ2v) is 12.0. The van der Waals surface area contributed by atoms with Crippen molar-refractivity contribution < 1.29 is 58.9 Å². The third-order valence-electron chi connectivity index (χ3n) is 9.48. The zero-order chi connectivity index (χ0) is 33.1. The van der Waals surface area contributed by atoms with Crippen molar-refractivity contribution in [3.63, 3.8) is 0 Å². The number of aromatic hydroxyl groups is 2. The average Bonchev–Trinajstić information content (AvgIpc) is 3.05. The molecular weight excluding hydrogens is 604 g/mol. The number of rotatable bonds is 6. The quantitative estimate of drug-likeness (QED) is 0.229. The van der Waals surface area contributed by atoms with E-state index in [0.29, 0.717) is 13.2 Å². The number of ketones is 3. The summed E-state index contributed by atoms with van der Waals surface area (Å²) in [6.45, 7) is 1.42. The van der Waals surface area contributed by atoms with Crippen LogP contribution in [0.2, 0.25) is 0 Å². The number of phenolic OH excluding ortho intramolecular Hbond substituents is 2. The summed E-state index contributed by atoms with van der Waals surface area (Å²) in [5, 5.41) is 65.1. The van der Waals surface area contributed by atoms with Crippen LogP contribution in [0.25, 0.3) is 0 Å². The first kappa shape index (κ1) is 32.0. The second kappa shape index (κ2) is 12.0. The number of morpholine rings is 1. The third-order valence-corrected chi connectivity index (χ3v) is 9.48. The highest BCUT2D eigenvalue weighted by atomic mass is 16.7. The molecule has 0 amide bonds. The Bertz CT molecular complexity index is 1650. The number of hydrogen-bond donors (Lipinski definition) is 5. The number of aliphatic hydroxyl groups is 3. The number of phenols is 2.